The molecule has 0 radical (unpaired) electrons. The van der Waals surface area contributed by atoms with Crippen molar-refractivity contribution in [3.05, 3.63) is 0 Å². The number of hydrogen-bond donors (Lipinski definition) is 3. The second kappa shape index (κ2) is 8.12. The Hall–Kier alpha value is -1.14. The topological polar surface area (TPSA) is 95.9 Å². The van der Waals surface area contributed by atoms with Gasteiger partial charge in [-0.3, -0.25) is 9.59 Å². The number of aliphatic carboxylic acids is 1. The number of carbonyl (C=O) groups excluding carboxylic acids is 1. The van der Waals surface area contributed by atoms with Crippen molar-refractivity contribution >= 4 is 11.9 Å². The van der Waals surface area contributed by atoms with Crippen LogP contribution in [-0.4, -0.2) is 48.5 Å². The van der Waals surface area contributed by atoms with Gasteiger partial charge in [0.15, 0.2) is 0 Å². The predicted octanol–water partition coefficient (Wildman–Crippen LogP) is 0.391. The Labute approximate surface area is 113 Å². The van der Waals surface area contributed by atoms with Gasteiger partial charge < -0.3 is 20.3 Å². The highest BCUT2D eigenvalue weighted by Crippen LogP contribution is 2.30. The van der Waals surface area contributed by atoms with E-state index in [9.17, 15) is 14.7 Å². The van der Waals surface area contributed by atoms with E-state index in [1.54, 1.807) is 0 Å². The van der Waals surface area contributed by atoms with E-state index in [1.165, 1.54) is 7.11 Å². The quantitative estimate of drug-likeness (QED) is 0.623. The second-order valence-corrected chi connectivity index (χ2v) is 5.02. The number of hydrogen-bond acceptors (Lipinski definition) is 4. The van der Waals surface area contributed by atoms with E-state index in [1.807, 2.05) is 0 Å². The molecule has 0 spiro atoms. The number of carboxylic acids is 1. The van der Waals surface area contributed by atoms with Crippen molar-refractivity contribution in [2.24, 2.45) is 11.8 Å². The minimum atomic E-state index is -0.890. The van der Waals surface area contributed by atoms with Crippen molar-refractivity contribution in [2.75, 3.05) is 20.3 Å². The Kier molecular flexibility index (Phi) is 6.80. The first-order chi connectivity index (χ1) is 9.06. The maximum Gasteiger partial charge on any atom is 0.307 e. The standard InChI is InChI=1S/C13H23NO5/c1-19-8-9(15)6-7-14-12(16)10-4-2-3-5-11(10)13(17)18/h9-11,15H,2-8H2,1H3,(H,14,16)(H,17,18). The summed E-state index contributed by atoms with van der Waals surface area (Å²) < 4.78 is 4.79. The fourth-order valence-corrected chi connectivity index (χ4v) is 2.51. The number of aliphatic hydroxyl groups excluding tert-OH is 1. The summed E-state index contributed by atoms with van der Waals surface area (Å²) in [4.78, 5) is 23.1. The van der Waals surface area contributed by atoms with Crippen LogP contribution in [0.3, 0.4) is 0 Å². The SMILES string of the molecule is COCC(O)CCNC(=O)C1CCCCC1C(=O)O. The molecule has 110 valence electrons. The van der Waals surface area contributed by atoms with Gasteiger partial charge in [0.25, 0.3) is 0 Å². The molecular weight excluding hydrogens is 250 g/mol. The smallest absolute Gasteiger partial charge is 0.307 e. The first kappa shape index (κ1) is 15.9. The van der Waals surface area contributed by atoms with Crippen molar-refractivity contribution in [3.63, 3.8) is 0 Å². The molecule has 1 amide bonds. The van der Waals surface area contributed by atoms with E-state index >= 15 is 0 Å². The molecule has 1 aliphatic carbocycles. The van der Waals surface area contributed by atoms with Crippen LogP contribution in [0.2, 0.25) is 0 Å². The van der Waals surface area contributed by atoms with E-state index in [4.69, 9.17) is 9.84 Å². The number of aliphatic hydroxyl groups is 1. The number of methoxy groups -OCH3 is 1. The molecule has 6 heteroatoms. The third kappa shape index (κ3) is 5.16. The van der Waals surface area contributed by atoms with Crippen LogP contribution in [0.1, 0.15) is 32.1 Å². The summed E-state index contributed by atoms with van der Waals surface area (Å²) in [5.74, 6) is -2.11. The minimum absolute atomic E-state index is 0.211. The van der Waals surface area contributed by atoms with Gasteiger partial charge in [-0.15, -0.1) is 0 Å². The van der Waals surface area contributed by atoms with Crippen LogP contribution in [0.5, 0.6) is 0 Å². The van der Waals surface area contributed by atoms with Crippen molar-refractivity contribution in [2.45, 2.75) is 38.2 Å². The van der Waals surface area contributed by atoms with Gasteiger partial charge in [-0.25, -0.2) is 0 Å². The summed E-state index contributed by atoms with van der Waals surface area (Å²) in [5.41, 5.74) is 0. The van der Waals surface area contributed by atoms with Crippen molar-refractivity contribution in [1.82, 2.24) is 5.32 Å². The van der Waals surface area contributed by atoms with Crippen LogP contribution < -0.4 is 5.32 Å². The maximum atomic E-state index is 12.0. The Balaban J connectivity index is 2.36. The Morgan fingerprint density at radius 2 is 1.95 bits per heavy atom. The molecule has 0 saturated heterocycles. The molecule has 19 heavy (non-hydrogen) atoms. The second-order valence-electron chi connectivity index (χ2n) is 5.02. The number of ether oxygens (including phenoxy) is 1. The molecule has 6 nitrogen and oxygen atoms in total. The lowest BCUT2D eigenvalue weighted by Gasteiger charge is -2.27. The first-order valence-electron chi connectivity index (χ1n) is 6.73. The summed E-state index contributed by atoms with van der Waals surface area (Å²) in [5, 5.41) is 21.3. The molecule has 1 aliphatic rings. The van der Waals surface area contributed by atoms with Crippen LogP contribution in [-0.2, 0) is 14.3 Å². The van der Waals surface area contributed by atoms with E-state index in [2.05, 4.69) is 5.32 Å². The van der Waals surface area contributed by atoms with Gasteiger partial charge in [-0.1, -0.05) is 12.8 Å². The van der Waals surface area contributed by atoms with Gasteiger partial charge in [0.2, 0.25) is 5.91 Å². The molecule has 3 unspecified atom stereocenters. The zero-order chi connectivity index (χ0) is 14.3. The molecule has 0 aliphatic heterocycles. The molecule has 0 heterocycles. The van der Waals surface area contributed by atoms with Gasteiger partial charge in [-0.2, -0.15) is 0 Å². The van der Waals surface area contributed by atoms with Gasteiger partial charge in [0.05, 0.1) is 24.5 Å². The first-order valence-corrected chi connectivity index (χ1v) is 6.73. The van der Waals surface area contributed by atoms with Gasteiger partial charge >= 0.3 is 5.97 Å². The van der Waals surface area contributed by atoms with E-state index in [-0.39, 0.29) is 12.5 Å². The highest BCUT2D eigenvalue weighted by molar-refractivity contribution is 5.84. The van der Waals surface area contributed by atoms with Crippen molar-refractivity contribution in [3.8, 4) is 0 Å². The molecule has 3 atom stereocenters. The molecule has 1 fully saturated rings. The summed E-state index contributed by atoms with van der Waals surface area (Å²) in [6.45, 7) is 0.573. The summed E-state index contributed by atoms with van der Waals surface area (Å²) in [7, 11) is 1.50. The molecule has 3 N–H and O–H groups in total. The average molecular weight is 273 g/mol. The molecule has 0 aromatic carbocycles. The van der Waals surface area contributed by atoms with Gasteiger partial charge in [-0.05, 0) is 19.3 Å². The highest BCUT2D eigenvalue weighted by atomic mass is 16.5. The van der Waals surface area contributed by atoms with Crippen LogP contribution in [0.15, 0.2) is 0 Å². The number of carboxylic acid groups (broad SMARTS) is 1. The molecule has 1 saturated carbocycles. The van der Waals surface area contributed by atoms with E-state index in [0.29, 0.717) is 25.8 Å². The number of rotatable bonds is 7. The van der Waals surface area contributed by atoms with E-state index in [0.717, 1.165) is 12.8 Å². The lowest BCUT2D eigenvalue weighted by atomic mass is 9.78. The van der Waals surface area contributed by atoms with Crippen LogP contribution in [0.25, 0.3) is 0 Å². The average Bonchev–Trinajstić information content (AvgIpc) is 2.38. The largest absolute Gasteiger partial charge is 0.481 e. The van der Waals surface area contributed by atoms with Crippen LogP contribution in [0, 0.1) is 11.8 Å². The number of amides is 1. The van der Waals surface area contributed by atoms with Gasteiger partial charge in [0.1, 0.15) is 0 Å². The van der Waals surface area contributed by atoms with Crippen molar-refractivity contribution < 1.29 is 24.5 Å². The number of nitrogens with one attached hydrogen (secondary N) is 1. The summed E-state index contributed by atoms with van der Waals surface area (Å²) >= 11 is 0. The fraction of sp³-hybridized carbons (Fsp3) is 0.846. The van der Waals surface area contributed by atoms with Crippen LogP contribution >= 0.6 is 0 Å². The third-order valence-corrected chi connectivity index (χ3v) is 3.56. The molecule has 0 bridgehead atoms. The summed E-state index contributed by atoms with van der Waals surface area (Å²) in [6, 6.07) is 0. The van der Waals surface area contributed by atoms with Gasteiger partial charge in [0, 0.05) is 13.7 Å². The minimum Gasteiger partial charge on any atom is -0.481 e. The zero-order valence-corrected chi connectivity index (χ0v) is 11.3. The third-order valence-electron chi connectivity index (χ3n) is 3.56. The lowest BCUT2D eigenvalue weighted by Crippen LogP contribution is -2.40. The monoisotopic (exact) mass is 273 g/mol. The molecule has 1 rings (SSSR count). The lowest BCUT2D eigenvalue weighted by molar-refractivity contribution is -0.148. The molecular formula is C13H23NO5. The van der Waals surface area contributed by atoms with Crippen LogP contribution in [0.4, 0.5) is 0 Å². The maximum absolute atomic E-state index is 12.0. The highest BCUT2D eigenvalue weighted by Gasteiger charge is 2.35. The Bertz CT molecular complexity index is 307. The molecule has 0 aromatic heterocycles. The Morgan fingerprint density at radius 1 is 1.32 bits per heavy atom. The van der Waals surface area contributed by atoms with Crippen molar-refractivity contribution in [1.29, 1.82) is 0 Å². The normalized spacial score (nSPS) is 24.7. The predicted molar refractivity (Wildman–Crippen MR) is 68.6 cm³/mol. The fourth-order valence-electron chi connectivity index (χ4n) is 2.51. The Morgan fingerprint density at radius 3 is 2.53 bits per heavy atom. The van der Waals surface area contributed by atoms with E-state index < -0.39 is 23.9 Å². The summed E-state index contributed by atoms with van der Waals surface area (Å²) in [6.07, 6.45) is 2.76. The zero-order valence-electron chi connectivity index (χ0n) is 11.3. The molecule has 0 aromatic rings. The number of carbonyl (C=O) groups is 2.